The van der Waals surface area contributed by atoms with Gasteiger partial charge in [-0.15, -0.1) is 0 Å². The van der Waals surface area contributed by atoms with Crippen LogP contribution in [0.5, 0.6) is 0 Å². The van der Waals surface area contributed by atoms with Gasteiger partial charge in [-0.05, 0) is 62.9 Å². The number of rotatable bonds is 3. The summed E-state index contributed by atoms with van der Waals surface area (Å²) in [5, 5.41) is 0. The first-order chi connectivity index (χ1) is 13.9. The number of hydrogen-bond acceptors (Lipinski definition) is 4. The third-order valence-electron chi connectivity index (χ3n) is 6.27. The van der Waals surface area contributed by atoms with Crippen molar-refractivity contribution in [2.24, 2.45) is 0 Å². The number of piperazine rings is 1. The first-order valence-electron chi connectivity index (χ1n) is 10.6. The summed E-state index contributed by atoms with van der Waals surface area (Å²) in [4.78, 5) is 17.6. The number of amides is 1. The normalized spacial score (nSPS) is 24.8. The molecule has 2 saturated heterocycles. The Morgan fingerprint density at radius 3 is 2.52 bits per heavy atom. The lowest BCUT2D eigenvalue weighted by molar-refractivity contribution is -0.134. The predicted octanol–water partition coefficient (Wildman–Crippen LogP) is 3.26. The second-order valence-electron chi connectivity index (χ2n) is 8.66. The highest BCUT2D eigenvalue weighted by molar-refractivity contribution is 5.82. The maximum Gasteiger partial charge on any atom is 0.241 e. The van der Waals surface area contributed by atoms with Gasteiger partial charge in [-0.25, -0.2) is 10.9 Å². The number of aryl methyl sites for hydroxylation is 3. The zero-order valence-electron chi connectivity index (χ0n) is 17.9. The maximum atomic E-state index is 13.2. The number of carbonyl (C=O) groups is 1. The summed E-state index contributed by atoms with van der Waals surface area (Å²) in [5.74, 6) is 0.209. The van der Waals surface area contributed by atoms with Crippen molar-refractivity contribution in [1.29, 1.82) is 0 Å². The Kier molecular flexibility index (Phi) is 5.61. The molecule has 29 heavy (non-hydrogen) atoms. The van der Waals surface area contributed by atoms with E-state index in [1.165, 1.54) is 27.9 Å². The van der Waals surface area contributed by atoms with Crippen LogP contribution in [0.3, 0.4) is 0 Å². The number of carbonyl (C=O) groups excluding carboxylic acids is 1. The molecule has 4 rings (SSSR count). The van der Waals surface area contributed by atoms with Crippen LogP contribution in [-0.4, -0.2) is 42.5 Å². The molecule has 5 heteroatoms. The molecular formula is C24H32N4O. The van der Waals surface area contributed by atoms with Crippen LogP contribution in [0.1, 0.15) is 41.6 Å². The van der Waals surface area contributed by atoms with E-state index in [-0.39, 0.29) is 18.0 Å². The molecule has 0 saturated carbocycles. The highest BCUT2D eigenvalue weighted by Gasteiger charge is 2.36. The highest BCUT2D eigenvalue weighted by atomic mass is 16.2. The van der Waals surface area contributed by atoms with E-state index >= 15 is 0 Å². The standard InChI is InChI=1S/C24H32N4O/c1-16-6-5-7-20(13-16)28-11-10-27(15-19(28)4)24(29)23-14-22(25-26-23)21-9-8-17(2)12-18(21)3/h5-9,12-13,19,22-23,25-26H,10-11,14-15H2,1-4H3. The number of hydrazine groups is 1. The van der Waals surface area contributed by atoms with E-state index < -0.39 is 0 Å². The first-order valence-corrected chi connectivity index (χ1v) is 10.6. The smallest absolute Gasteiger partial charge is 0.241 e. The van der Waals surface area contributed by atoms with E-state index in [1.807, 2.05) is 4.90 Å². The molecule has 2 N–H and O–H groups in total. The summed E-state index contributed by atoms with van der Waals surface area (Å²) < 4.78 is 0. The summed E-state index contributed by atoms with van der Waals surface area (Å²) in [5.41, 5.74) is 12.9. The fraction of sp³-hybridized carbons (Fsp3) is 0.458. The van der Waals surface area contributed by atoms with Gasteiger partial charge in [0.15, 0.2) is 0 Å². The zero-order chi connectivity index (χ0) is 20.5. The molecule has 3 unspecified atom stereocenters. The molecule has 1 amide bonds. The van der Waals surface area contributed by atoms with Gasteiger partial charge in [-0.2, -0.15) is 0 Å². The summed E-state index contributed by atoms with van der Waals surface area (Å²) in [6.07, 6.45) is 0.787. The molecule has 3 atom stereocenters. The Balaban J connectivity index is 1.38. The summed E-state index contributed by atoms with van der Waals surface area (Å²) in [6.45, 7) is 11.0. The van der Waals surface area contributed by atoms with Crippen LogP contribution >= 0.6 is 0 Å². The topological polar surface area (TPSA) is 47.6 Å². The van der Waals surface area contributed by atoms with E-state index in [9.17, 15) is 4.79 Å². The van der Waals surface area contributed by atoms with E-state index in [0.717, 1.165) is 26.1 Å². The van der Waals surface area contributed by atoms with Gasteiger partial charge in [0, 0.05) is 37.4 Å². The average Bonchev–Trinajstić information content (AvgIpc) is 3.17. The molecule has 2 aliphatic rings. The van der Waals surface area contributed by atoms with Crippen molar-refractivity contribution in [1.82, 2.24) is 15.8 Å². The lowest BCUT2D eigenvalue weighted by Crippen LogP contribution is -2.57. The first kappa shape index (κ1) is 19.9. The van der Waals surface area contributed by atoms with Gasteiger partial charge in [0.05, 0.1) is 0 Å². The third kappa shape index (κ3) is 4.16. The number of anilines is 1. The Bertz CT molecular complexity index is 896. The fourth-order valence-corrected chi connectivity index (χ4v) is 4.71. The third-order valence-corrected chi connectivity index (χ3v) is 6.27. The maximum absolute atomic E-state index is 13.2. The van der Waals surface area contributed by atoms with Gasteiger partial charge in [-0.3, -0.25) is 4.79 Å². The van der Waals surface area contributed by atoms with E-state index in [1.54, 1.807) is 0 Å². The SMILES string of the molecule is Cc1cccc(N2CCN(C(=O)C3CC(c4ccc(C)cc4C)NN3)CC2C)c1. The molecule has 2 aliphatic heterocycles. The Hall–Kier alpha value is -2.37. The molecule has 0 bridgehead atoms. The van der Waals surface area contributed by atoms with E-state index in [0.29, 0.717) is 6.04 Å². The Labute approximate surface area is 174 Å². The van der Waals surface area contributed by atoms with Crippen molar-refractivity contribution in [3.8, 4) is 0 Å². The quantitative estimate of drug-likeness (QED) is 0.842. The molecule has 0 spiro atoms. The molecular weight excluding hydrogens is 360 g/mol. The molecule has 0 radical (unpaired) electrons. The van der Waals surface area contributed by atoms with Crippen LogP contribution in [0.15, 0.2) is 42.5 Å². The van der Waals surface area contributed by atoms with Gasteiger partial charge in [0.25, 0.3) is 0 Å². The van der Waals surface area contributed by atoms with Crippen LogP contribution in [0, 0.1) is 20.8 Å². The molecule has 0 aromatic heterocycles. The van der Waals surface area contributed by atoms with Gasteiger partial charge >= 0.3 is 0 Å². The van der Waals surface area contributed by atoms with E-state index in [4.69, 9.17) is 0 Å². The molecule has 5 nitrogen and oxygen atoms in total. The van der Waals surface area contributed by atoms with Gasteiger partial charge < -0.3 is 9.80 Å². The van der Waals surface area contributed by atoms with Crippen molar-refractivity contribution in [3.05, 3.63) is 64.7 Å². The van der Waals surface area contributed by atoms with Crippen molar-refractivity contribution in [3.63, 3.8) is 0 Å². The molecule has 2 fully saturated rings. The van der Waals surface area contributed by atoms with E-state index in [2.05, 4.69) is 85.9 Å². The van der Waals surface area contributed by atoms with Crippen LogP contribution in [0.2, 0.25) is 0 Å². The number of nitrogens with zero attached hydrogens (tertiary/aromatic N) is 2. The van der Waals surface area contributed by atoms with Crippen LogP contribution in [-0.2, 0) is 4.79 Å². The molecule has 2 aromatic rings. The molecule has 2 heterocycles. The van der Waals surface area contributed by atoms with Crippen molar-refractivity contribution >= 4 is 11.6 Å². The van der Waals surface area contributed by atoms with Crippen LogP contribution in [0.4, 0.5) is 5.69 Å². The minimum atomic E-state index is -0.168. The number of hydrogen-bond donors (Lipinski definition) is 2. The Morgan fingerprint density at radius 2 is 1.79 bits per heavy atom. The second kappa shape index (κ2) is 8.17. The predicted molar refractivity (Wildman–Crippen MR) is 118 cm³/mol. The average molecular weight is 393 g/mol. The van der Waals surface area contributed by atoms with Gasteiger partial charge in [0.1, 0.15) is 6.04 Å². The minimum absolute atomic E-state index is 0.168. The summed E-state index contributed by atoms with van der Waals surface area (Å²) in [7, 11) is 0. The summed E-state index contributed by atoms with van der Waals surface area (Å²) >= 11 is 0. The molecule has 0 aliphatic carbocycles. The number of benzene rings is 2. The summed E-state index contributed by atoms with van der Waals surface area (Å²) in [6, 6.07) is 15.5. The second-order valence-corrected chi connectivity index (χ2v) is 8.66. The lowest BCUT2D eigenvalue weighted by Gasteiger charge is -2.42. The van der Waals surface area contributed by atoms with Crippen molar-refractivity contribution in [2.45, 2.75) is 52.2 Å². The minimum Gasteiger partial charge on any atom is -0.365 e. The van der Waals surface area contributed by atoms with Crippen molar-refractivity contribution < 1.29 is 4.79 Å². The van der Waals surface area contributed by atoms with Crippen LogP contribution in [0.25, 0.3) is 0 Å². The monoisotopic (exact) mass is 392 g/mol. The van der Waals surface area contributed by atoms with Gasteiger partial charge in [0.2, 0.25) is 5.91 Å². The molecule has 154 valence electrons. The fourth-order valence-electron chi connectivity index (χ4n) is 4.71. The zero-order valence-corrected chi connectivity index (χ0v) is 17.9. The van der Waals surface area contributed by atoms with Crippen molar-refractivity contribution in [2.75, 3.05) is 24.5 Å². The molecule has 2 aromatic carbocycles. The van der Waals surface area contributed by atoms with Gasteiger partial charge in [-0.1, -0.05) is 35.9 Å². The number of nitrogens with one attached hydrogen (secondary N) is 2. The lowest BCUT2D eigenvalue weighted by atomic mass is 9.96. The highest BCUT2D eigenvalue weighted by Crippen LogP contribution is 2.27. The Morgan fingerprint density at radius 1 is 1.00 bits per heavy atom. The van der Waals surface area contributed by atoms with Crippen LogP contribution < -0.4 is 15.8 Å². The largest absolute Gasteiger partial charge is 0.365 e.